The molecule has 3 rings (SSSR count). The van der Waals surface area contributed by atoms with Crippen molar-refractivity contribution in [3.8, 4) is 6.01 Å². The monoisotopic (exact) mass is 270 g/mol. The third-order valence-corrected chi connectivity index (χ3v) is 3.03. The number of fused-ring (bicyclic) bond motifs is 1. The van der Waals surface area contributed by atoms with Crippen LogP contribution in [0.25, 0.3) is 11.2 Å². The van der Waals surface area contributed by atoms with Crippen LogP contribution in [0.1, 0.15) is 11.1 Å². The lowest BCUT2D eigenvalue weighted by atomic mass is 10.1. The number of hydrogen-bond donors (Lipinski definition) is 3. The van der Waals surface area contributed by atoms with Crippen molar-refractivity contribution >= 4 is 16.9 Å². The normalized spacial score (nSPS) is 10.8. The molecule has 5 N–H and O–H groups in total. The van der Waals surface area contributed by atoms with Gasteiger partial charge in [0, 0.05) is 17.8 Å². The Labute approximate surface area is 115 Å². The Morgan fingerprint density at radius 3 is 3.00 bits per heavy atom. The van der Waals surface area contributed by atoms with Gasteiger partial charge in [-0.1, -0.05) is 12.1 Å². The summed E-state index contributed by atoms with van der Waals surface area (Å²) < 4.78 is 5.58. The Morgan fingerprint density at radius 1 is 1.25 bits per heavy atom. The molecule has 1 aromatic carbocycles. The lowest BCUT2D eigenvalue weighted by Gasteiger charge is -2.11. The summed E-state index contributed by atoms with van der Waals surface area (Å²) in [4.78, 5) is 15.3. The minimum atomic E-state index is 0.260. The molecule has 0 aliphatic rings. The van der Waals surface area contributed by atoms with Gasteiger partial charge in [0.15, 0.2) is 5.65 Å². The van der Waals surface area contributed by atoms with Crippen LogP contribution in [0.15, 0.2) is 30.7 Å². The lowest BCUT2D eigenvalue weighted by Crippen LogP contribution is -2.08. The lowest BCUT2D eigenvalue weighted by molar-refractivity contribution is 0.281. The number of nitrogens with two attached hydrogens (primary N) is 2. The molecular formula is C13H14N6O. The van der Waals surface area contributed by atoms with Gasteiger partial charge in [-0.05, 0) is 11.6 Å². The zero-order valence-corrected chi connectivity index (χ0v) is 10.7. The van der Waals surface area contributed by atoms with Crippen LogP contribution in [-0.4, -0.2) is 19.9 Å². The zero-order valence-electron chi connectivity index (χ0n) is 10.7. The highest BCUT2D eigenvalue weighted by Gasteiger charge is 2.08. The van der Waals surface area contributed by atoms with Crippen molar-refractivity contribution in [1.29, 1.82) is 0 Å². The first-order valence-electron chi connectivity index (χ1n) is 6.13. The number of aromatic amines is 1. The molecule has 102 valence electrons. The summed E-state index contributed by atoms with van der Waals surface area (Å²) in [6, 6.07) is 5.87. The molecule has 0 fully saturated rings. The number of nitrogen functional groups attached to an aromatic ring is 1. The Balaban J connectivity index is 1.82. The van der Waals surface area contributed by atoms with Crippen molar-refractivity contribution in [3.63, 3.8) is 0 Å². The molecule has 7 nitrogen and oxygen atoms in total. The number of benzene rings is 1. The van der Waals surface area contributed by atoms with Crippen molar-refractivity contribution < 1.29 is 4.74 Å². The molecule has 7 heteroatoms. The largest absolute Gasteiger partial charge is 0.458 e. The van der Waals surface area contributed by atoms with E-state index in [9.17, 15) is 0 Å². The molecule has 0 aliphatic carbocycles. The van der Waals surface area contributed by atoms with E-state index in [1.165, 1.54) is 0 Å². The SMILES string of the molecule is NCc1cccc(N)c1COc1ncc2[nH]cnc2n1. The third-order valence-electron chi connectivity index (χ3n) is 3.03. The van der Waals surface area contributed by atoms with E-state index in [0.717, 1.165) is 16.6 Å². The fraction of sp³-hybridized carbons (Fsp3) is 0.154. The van der Waals surface area contributed by atoms with Gasteiger partial charge < -0.3 is 21.2 Å². The Morgan fingerprint density at radius 2 is 2.15 bits per heavy atom. The average Bonchev–Trinajstić information content (AvgIpc) is 2.93. The molecule has 0 saturated carbocycles. The van der Waals surface area contributed by atoms with E-state index in [2.05, 4.69) is 19.9 Å². The molecule has 0 radical (unpaired) electrons. The van der Waals surface area contributed by atoms with Crippen molar-refractivity contribution in [2.24, 2.45) is 5.73 Å². The molecular weight excluding hydrogens is 256 g/mol. The van der Waals surface area contributed by atoms with Crippen LogP contribution in [0.2, 0.25) is 0 Å². The first-order valence-corrected chi connectivity index (χ1v) is 6.13. The molecule has 0 atom stereocenters. The van der Waals surface area contributed by atoms with Gasteiger partial charge in [-0.25, -0.2) is 9.97 Å². The van der Waals surface area contributed by atoms with E-state index in [1.54, 1.807) is 12.5 Å². The van der Waals surface area contributed by atoms with Crippen LogP contribution < -0.4 is 16.2 Å². The summed E-state index contributed by atoms with van der Waals surface area (Å²) in [5.41, 5.74) is 15.4. The van der Waals surface area contributed by atoms with Crippen LogP contribution in [0.3, 0.4) is 0 Å². The van der Waals surface area contributed by atoms with Crippen molar-refractivity contribution in [1.82, 2.24) is 19.9 Å². The summed E-state index contributed by atoms with van der Waals surface area (Å²) in [6.45, 7) is 0.679. The second-order valence-electron chi connectivity index (χ2n) is 4.27. The van der Waals surface area contributed by atoms with Gasteiger partial charge in [-0.15, -0.1) is 0 Å². The summed E-state index contributed by atoms with van der Waals surface area (Å²) in [7, 11) is 0. The molecule has 0 spiro atoms. The molecule has 0 saturated heterocycles. The predicted molar refractivity (Wildman–Crippen MR) is 74.8 cm³/mol. The average molecular weight is 270 g/mol. The molecule has 0 bridgehead atoms. The highest BCUT2D eigenvalue weighted by molar-refractivity contribution is 5.68. The molecule has 3 aromatic rings. The number of hydrogen-bond acceptors (Lipinski definition) is 6. The number of nitrogens with one attached hydrogen (secondary N) is 1. The Bertz CT molecular complexity index is 739. The van der Waals surface area contributed by atoms with Crippen molar-refractivity contribution in [2.45, 2.75) is 13.2 Å². The van der Waals surface area contributed by atoms with Crippen LogP contribution in [0.4, 0.5) is 5.69 Å². The summed E-state index contributed by atoms with van der Waals surface area (Å²) in [6.07, 6.45) is 3.19. The summed E-state index contributed by atoms with van der Waals surface area (Å²) >= 11 is 0. The molecule has 0 aliphatic heterocycles. The topological polar surface area (TPSA) is 116 Å². The maximum Gasteiger partial charge on any atom is 0.318 e. The molecule has 0 amide bonds. The van der Waals surface area contributed by atoms with Crippen LogP contribution in [0, 0.1) is 0 Å². The molecule has 2 aromatic heterocycles. The van der Waals surface area contributed by atoms with Crippen LogP contribution in [0.5, 0.6) is 6.01 Å². The highest BCUT2D eigenvalue weighted by atomic mass is 16.5. The maximum absolute atomic E-state index is 5.94. The number of anilines is 1. The third kappa shape index (κ3) is 2.26. The Hall–Kier alpha value is -2.67. The van der Waals surface area contributed by atoms with E-state index >= 15 is 0 Å². The van der Waals surface area contributed by atoms with Crippen molar-refractivity contribution in [2.75, 3.05) is 5.73 Å². The first-order chi connectivity index (χ1) is 9.78. The summed E-state index contributed by atoms with van der Waals surface area (Å²) in [5, 5.41) is 0. The van der Waals surface area contributed by atoms with Gasteiger partial charge in [0.1, 0.15) is 12.1 Å². The summed E-state index contributed by atoms with van der Waals surface area (Å²) in [5.74, 6) is 0. The van der Waals surface area contributed by atoms with Gasteiger partial charge >= 0.3 is 6.01 Å². The van der Waals surface area contributed by atoms with Gasteiger partial charge in [-0.3, -0.25) is 0 Å². The van der Waals surface area contributed by atoms with Gasteiger partial charge in [0.25, 0.3) is 0 Å². The minimum absolute atomic E-state index is 0.260. The smallest absolute Gasteiger partial charge is 0.318 e. The standard InChI is InChI=1S/C13H14N6O/c14-4-8-2-1-3-10(15)9(8)6-20-13-16-5-11-12(19-13)18-7-17-11/h1-3,5,7H,4,6,14-15H2,(H,16,17,18,19). The van der Waals surface area contributed by atoms with Crippen LogP contribution in [-0.2, 0) is 13.2 Å². The second kappa shape index (κ2) is 5.14. The van der Waals surface area contributed by atoms with E-state index in [4.69, 9.17) is 16.2 Å². The molecule has 2 heterocycles. The first kappa shape index (κ1) is 12.4. The number of aromatic nitrogens is 4. The maximum atomic E-state index is 5.94. The fourth-order valence-electron chi connectivity index (χ4n) is 1.95. The van der Waals surface area contributed by atoms with E-state index < -0.39 is 0 Å². The highest BCUT2D eigenvalue weighted by Crippen LogP contribution is 2.19. The number of rotatable bonds is 4. The Kier molecular flexibility index (Phi) is 3.18. The number of H-pyrrole nitrogens is 1. The quantitative estimate of drug-likeness (QED) is 0.608. The molecule has 20 heavy (non-hydrogen) atoms. The van der Waals surface area contributed by atoms with Gasteiger partial charge in [0.05, 0.1) is 12.5 Å². The second-order valence-corrected chi connectivity index (χ2v) is 4.27. The number of nitrogens with zero attached hydrogens (tertiary/aromatic N) is 3. The van der Waals surface area contributed by atoms with E-state index in [-0.39, 0.29) is 12.6 Å². The minimum Gasteiger partial charge on any atom is -0.458 e. The van der Waals surface area contributed by atoms with Crippen LogP contribution >= 0.6 is 0 Å². The molecule has 0 unspecified atom stereocenters. The van der Waals surface area contributed by atoms with E-state index in [1.807, 2.05) is 18.2 Å². The van der Waals surface area contributed by atoms with E-state index in [0.29, 0.717) is 17.9 Å². The fourth-order valence-corrected chi connectivity index (χ4v) is 1.95. The van der Waals surface area contributed by atoms with Gasteiger partial charge in [0.2, 0.25) is 0 Å². The zero-order chi connectivity index (χ0) is 13.9. The van der Waals surface area contributed by atoms with Gasteiger partial charge in [-0.2, -0.15) is 4.98 Å². The number of ether oxygens (including phenoxy) is 1. The predicted octanol–water partition coefficient (Wildman–Crippen LogP) is 0.973. The van der Waals surface area contributed by atoms with Crippen molar-refractivity contribution in [3.05, 3.63) is 41.9 Å². The number of imidazole rings is 1.